The van der Waals surface area contributed by atoms with Crippen LogP contribution in [0.15, 0.2) is 11.7 Å². The zero-order chi connectivity index (χ0) is 10.0. The lowest BCUT2D eigenvalue weighted by molar-refractivity contribution is -0.154. The van der Waals surface area contributed by atoms with Gasteiger partial charge in [-0.3, -0.25) is 9.59 Å². The van der Waals surface area contributed by atoms with Crippen LogP contribution in [0.2, 0.25) is 0 Å². The van der Waals surface area contributed by atoms with Crippen molar-refractivity contribution in [1.29, 1.82) is 0 Å². The minimum absolute atomic E-state index is 0.230. The van der Waals surface area contributed by atoms with Crippen LogP contribution in [0, 0.1) is 23.7 Å². The van der Waals surface area contributed by atoms with Crippen molar-refractivity contribution < 1.29 is 23.1 Å². The van der Waals surface area contributed by atoms with Crippen molar-refractivity contribution in [3.8, 4) is 0 Å². The third-order valence-electron chi connectivity index (χ3n) is 3.39. The molecule has 1 aliphatic heterocycles. The van der Waals surface area contributed by atoms with E-state index < -0.39 is 47.3 Å². The van der Waals surface area contributed by atoms with Crippen LogP contribution in [-0.2, 0) is 14.3 Å². The second-order valence-corrected chi connectivity index (χ2v) is 3.94. The number of hydrogen-bond acceptors (Lipinski definition) is 3. The summed E-state index contributed by atoms with van der Waals surface area (Å²) in [4.78, 5) is 22.3. The molecule has 2 aliphatic carbocycles. The van der Waals surface area contributed by atoms with Crippen LogP contribution in [0.5, 0.6) is 0 Å². The summed E-state index contributed by atoms with van der Waals surface area (Å²) in [5.74, 6) is -6.18. The van der Waals surface area contributed by atoms with Crippen molar-refractivity contribution in [3.05, 3.63) is 11.7 Å². The van der Waals surface area contributed by atoms with Gasteiger partial charge in [-0.2, -0.15) is 0 Å². The van der Waals surface area contributed by atoms with Crippen molar-refractivity contribution in [2.75, 3.05) is 0 Å². The highest BCUT2D eigenvalue weighted by molar-refractivity contribution is 5.98. The van der Waals surface area contributed by atoms with Crippen LogP contribution in [0.3, 0.4) is 0 Å². The van der Waals surface area contributed by atoms with Gasteiger partial charge >= 0.3 is 11.9 Å². The number of ether oxygens (including phenoxy) is 1. The first kappa shape index (κ1) is 8.08. The molecule has 1 saturated carbocycles. The van der Waals surface area contributed by atoms with Gasteiger partial charge in [-0.25, -0.2) is 8.78 Å². The maximum atomic E-state index is 13.1. The quantitative estimate of drug-likeness (QED) is 0.434. The van der Waals surface area contributed by atoms with Gasteiger partial charge in [0.05, 0.1) is 11.8 Å². The first-order valence-electron chi connectivity index (χ1n) is 4.42. The molecule has 2 bridgehead atoms. The Labute approximate surface area is 77.7 Å². The van der Waals surface area contributed by atoms with Gasteiger partial charge in [-0.15, -0.1) is 0 Å². The van der Waals surface area contributed by atoms with Crippen LogP contribution >= 0.6 is 0 Å². The van der Waals surface area contributed by atoms with Crippen LogP contribution in [0.1, 0.15) is 6.42 Å². The zero-order valence-electron chi connectivity index (χ0n) is 7.00. The van der Waals surface area contributed by atoms with Crippen LogP contribution in [0.4, 0.5) is 8.78 Å². The average Bonchev–Trinajstić information content (AvgIpc) is 2.71. The predicted octanol–water partition coefficient (Wildman–Crippen LogP) is 1.10. The zero-order valence-corrected chi connectivity index (χ0v) is 7.00. The molecule has 0 aromatic carbocycles. The summed E-state index contributed by atoms with van der Waals surface area (Å²) in [7, 11) is 0. The highest BCUT2D eigenvalue weighted by atomic mass is 19.2. The van der Waals surface area contributed by atoms with Crippen LogP contribution in [-0.4, -0.2) is 11.9 Å². The molecule has 0 aromatic rings. The van der Waals surface area contributed by atoms with Crippen molar-refractivity contribution in [1.82, 2.24) is 0 Å². The number of rotatable bonds is 0. The SMILES string of the molecule is O=C1OC(=O)C2C3CC(C(F)=C3F)C12. The summed E-state index contributed by atoms with van der Waals surface area (Å²) < 4.78 is 30.6. The third-order valence-corrected chi connectivity index (χ3v) is 3.39. The van der Waals surface area contributed by atoms with Crippen molar-refractivity contribution in [2.45, 2.75) is 6.42 Å². The molecule has 3 nitrogen and oxygen atoms in total. The minimum atomic E-state index is -0.858. The Morgan fingerprint density at radius 3 is 1.86 bits per heavy atom. The molecular formula is C9H6F2O3. The van der Waals surface area contributed by atoms with Crippen molar-refractivity contribution >= 4 is 11.9 Å². The molecule has 1 heterocycles. The van der Waals surface area contributed by atoms with Crippen LogP contribution in [0.25, 0.3) is 0 Å². The molecule has 0 N–H and O–H groups in total. The molecule has 4 atom stereocenters. The van der Waals surface area contributed by atoms with Gasteiger partial charge in [0, 0.05) is 11.8 Å². The summed E-state index contributed by atoms with van der Waals surface area (Å²) >= 11 is 0. The lowest BCUT2D eigenvalue weighted by atomic mass is 9.84. The summed E-state index contributed by atoms with van der Waals surface area (Å²) in [6.45, 7) is 0. The molecule has 74 valence electrons. The van der Waals surface area contributed by atoms with E-state index in [0.717, 1.165) is 0 Å². The van der Waals surface area contributed by atoms with E-state index in [1.807, 2.05) is 0 Å². The first-order chi connectivity index (χ1) is 6.61. The first-order valence-corrected chi connectivity index (χ1v) is 4.42. The van der Waals surface area contributed by atoms with Gasteiger partial charge in [0.25, 0.3) is 0 Å². The fourth-order valence-electron chi connectivity index (χ4n) is 2.80. The molecule has 0 aromatic heterocycles. The number of carbonyl (C=O) groups excluding carboxylic acids is 2. The smallest absolute Gasteiger partial charge is 0.318 e. The maximum absolute atomic E-state index is 13.1. The molecule has 0 amide bonds. The van der Waals surface area contributed by atoms with Gasteiger partial charge in [0.2, 0.25) is 0 Å². The van der Waals surface area contributed by atoms with E-state index in [2.05, 4.69) is 4.74 Å². The van der Waals surface area contributed by atoms with Gasteiger partial charge in [-0.1, -0.05) is 0 Å². The molecule has 0 spiro atoms. The Morgan fingerprint density at radius 2 is 1.43 bits per heavy atom. The Kier molecular flexibility index (Phi) is 1.28. The largest absolute Gasteiger partial charge is 0.393 e. The summed E-state index contributed by atoms with van der Waals surface area (Å²) in [6.07, 6.45) is 0.230. The van der Waals surface area contributed by atoms with E-state index in [1.165, 1.54) is 0 Å². The number of esters is 2. The van der Waals surface area contributed by atoms with Gasteiger partial charge in [0.15, 0.2) is 0 Å². The molecule has 1 saturated heterocycles. The fraction of sp³-hybridized carbons (Fsp3) is 0.556. The van der Waals surface area contributed by atoms with Crippen molar-refractivity contribution in [2.24, 2.45) is 23.7 Å². The highest BCUT2D eigenvalue weighted by Gasteiger charge is 2.64. The van der Waals surface area contributed by atoms with E-state index in [1.54, 1.807) is 0 Å². The Hall–Kier alpha value is -1.26. The Morgan fingerprint density at radius 1 is 1.00 bits per heavy atom. The third kappa shape index (κ3) is 0.679. The van der Waals surface area contributed by atoms with E-state index in [4.69, 9.17) is 0 Å². The van der Waals surface area contributed by atoms with Gasteiger partial charge < -0.3 is 4.74 Å². The molecule has 4 unspecified atom stereocenters. The number of cyclic esters (lactones) is 2. The topological polar surface area (TPSA) is 43.4 Å². The number of fused-ring (bicyclic) bond motifs is 5. The van der Waals surface area contributed by atoms with Gasteiger partial charge in [0.1, 0.15) is 11.7 Å². The number of halogens is 2. The van der Waals surface area contributed by atoms with E-state index in [-0.39, 0.29) is 6.42 Å². The van der Waals surface area contributed by atoms with Gasteiger partial charge in [-0.05, 0) is 6.42 Å². The van der Waals surface area contributed by atoms with Crippen LogP contribution < -0.4 is 0 Å². The molecule has 14 heavy (non-hydrogen) atoms. The minimum Gasteiger partial charge on any atom is -0.393 e. The second kappa shape index (κ2) is 2.21. The predicted molar refractivity (Wildman–Crippen MR) is 38.9 cm³/mol. The van der Waals surface area contributed by atoms with Crippen molar-refractivity contribution in [3.63, 3.8) is 0 Å². The summed E-state index contributed by atoms with van der Waals surface area (Å²) in [5, 5.41) is 0. The normalized spacial score (nSPS) is 44.7. The lowest BCUT2D eigenvalue weighted by Crippen LogP contribution is -2.25. The average molecular weight is 200 g/mol. The molecule has 5 heteroatoms. The van der Waals surface area contributed by atoms with E-state index >= 15 is 0 Å². The maximum Gasteiger partial charge on any atom is 0.318 e. The van der Waals surface area contributed by atoms with E-state index in [9.17, 15) is 18.4 Å². The highest BCUT2D eigenvalue weighted by Crippen LogP contribution is 2.58. The molecule has 2 fully saturated rings. The summed E-state index contributed by atoms with van der Waals surface area (Å²) in [6, 6.07) is 0. The monoisotopic (exact) mass is 200 g/mol. The molecule has 3 rings (SSSR count). The molecular weight excluding hydrogens is 194 g/mol. The second-order valence-electron chi connectivity index (χ2n) is 3.94. The number of hydrogen-bond donors (Lipinski definition) is 0. The van der Waals surface area contributed by atoms with E-state index in [0.29, 0.717) is 0 Å². The molecule has 3 aliphatic rings. The Bertz CT molecular complexity index is 354. The standard InChI is InChI=1S/C9H6F2O3/c10-6-2-1-3(7(6)11)5-4(2)8(12)14-9(5)13/h2-5H,1H2. The molecule has 0 radical (unpaired) electrons. The number of carbonyl (C=O) groups is 2. The fourth-order valence-corrected chi connectivity index (χ4v) is 2.80. The number of allylic oxidation sites excluding steroid dienone is 2. The summed E-state index contributed by atoms with van der Waals surface area (Å²) in [5.41, 5.74) is 0. The Balaban J connectivity index is 2.10. The lowest BCUT2D eigenvalue weighted by Gasteiger charge is -2.16.